The predicted molar refractivity (Wildman–Crippen MR) is 79.0 cm³/mol. The maximum Gasteiger partial charge on any atom is 0.275 e. The lowest BCUT2D eigenvalue weighted by Crippen LogP contribution is -2.19. The molecule has 2 aromatic rings. The zero-order valence-corrected chi connectivity index (χ0v) is 12.3. The molecule has 0 spiro atoms. The maximum atomic E-state index is 12.0. The van der Waals surface area contributed by atoms with Gasteiger partial charge < -0.3 is 11.1 Å². The van der Waals surface area contributed by atoms with Crippen LogP contribution in [-0.2, 0) is 7.05 Å². The minimum Gasteiger partial charge on any atom is -0.389 e. The van der Waals surface area contributed by atoms with Gasteiger partial charge in [0, 0.05) is 17.7 Å². The summed E-state index contributed by atoms with van der Waals surface area (Å²) in [4.78, 5) is 16.2. The Bertz CT molecular complexity index is 637. The van der Waals surface area contributed by atoms with E-state index in [0.29, 0.717) is 17.1 Å². The van der Waals surface area contributed by atoms with Crippen LogP contribution in [0, 0.1) is 0 Å². The van der Waals surface area contributed by atoms with Crippen LogP contribution in [0.25, 0.3) is 0 Å². The molecular weight excluding hydrogens is 330 g/mol. The summed E-state index contributed by atoms with van der Waals surface area (Å²) >= 11 is 8.16. The third-order valence-corrected chi connectivity index (χ3v) is 3.09. The van der Waals surface area contributed by atoms with Crippen molar-refractivity contribution in [2.75, 3.05) is 5.32 Å². The van der Waals surface area contributed by atoms with Crippen molar-refractivity contribution in [1.29, 1.82) is 0 Å². The Labute approximate surface area is 123 Å². The fourth-order valence-electron chi connectivity index (χ4n) is 1.45. The molecule has 0 aliphatic carbocycles. The number of pyridine rings is 1. The van der Waals surface area contributed by atoms with Crippen LogP contribution in [0.2, 0.25) is 0 Å². The van der Waals surface area contributed by atoms with E-state index in [-0.39, 0.29) is 10.9 Å². The van der Waals surface area contributed by atoms with Gasteiger partial charge in [0.25, 0.3) is 5.91 Å². The van der Waals surface area contributed by atoms with Crippen molar-refractivity contribution in [2.45, 2.75) is 0 Å². The Morgan fingerprint density at radius 1 is 1.47 bits per heavy atom. The Morgan fingerprint density at radius 3 is 2.79 bits per heavy atom. The number of nitrogens with two attached hydrogens (primary N) is 1. The molecule has 2 rings (SSSR count). The lowest BCUT2D eigenvalue weighted by molar-refractivity contribution is 0.102. The highest BCUT2D eigenvalue weighted by Crippen LogP contribution is 2.15. The summed E-state index contributed by atoms with van der Waals surface area (Å²) in [5.41, 5.74) is 6.37. The van der Waals surface area contributed by atoms with Crippen molar-refractivity contribution in [2.24, 2.45) is 12.8 Å². The highest BCUT2D eigenvalue weighted by molar-refractivity contribution is 9.10. The Balaban J connectivity index is 2.26. The van der Waals surface area contributed by atoms with Gasteiger partial charge in [0.05, 0.1) is 11.8 Å². The van der Waals surface area contributed by atoms with Crippen molar-refractivity contribution < 1.29 is 4.79 Å². The third kappa shape index (κ3) is 2.96. The summed E-state index contributed by atoms with van der Waals surface area (Å²) < 4.78 is 2.29. The van der Waals surface area contributed by atoms with E-state index in [0.717, 1.165) is 4.47 Å². The number of halogens is 1. The minimum absolute atomic E-state index is 0.173. The van der Waals surface area contributed by atoms with E-state index < -0.39 is 0 Å². The van der Waals surface area contributed by atoms with Crippen LogP contribution in [-0.4, -0.2) is 25.7 Å². The first-order chi connectivity index (χ1) is 8.99. The number of amides is 1. The molecule has 0 bridgehead atoms. The molecule has 2 heterocycles. The Hall–Kier alpha value is -1.80. The number of thiocarbonyl (C=S) groups is 1. The number of anilines is 1. The maximum absolute atomic E-state index is 12.0. The fraction of sp³-hybridized carbons (Fsp3) is 0.0909. The van der Waals surface area contributed by atoms with Gasteiger partial charge in [-0.15, -0.1) is 0 Å². The molecule has 0 radical (unpaired) electrons. The molecule has 3 N–H and O–H groups in total. The number of nitrogens with zero attached hydrogens (tertiary/aromatic N) is 3. The van der Waals surface area contributed by atoms with Crippen molar-refractivity contribution in [3.05, 3.63) is 40.3 Å². The van der Waals surface area contributed by atoms with E-state index in [1.807, 2.05) is 0 Å². The molecule has 0 atom stereocenters. The summed E-state index contributed by atoms with van der Waals surface area (Å²) in [5, 5.41) is 6.70. The number of aryl methyl sites for hydroxylation is 1. The minimum atomic E-state index is -0.353. The zero-order chi connectivity index (χ0) is 14.0. The van der Waals surface area contributed by atoms with E-state index >= 15 is 0 Å². The van der Waals surface area contributed by atoms with Crippen molar-refractivity contribution in [3.8, 4) is 0 Å². The second kappa shape index (κ2) is 5.45. The molecule has 19 heavy (non-hydrogen) atoms. The molecule has 0 saturated carbocycles. The summed E-state index contributed by atoms with van der Waals surface area (Å²) in [5.74, 6) is 0.0934. The first kappa shape index (κ1) is 13.6. The molecule has 1 amide bonds. The van der Waals surface area contributed by atoms with Gasteiger partial charge >= 0.3 is 0 Å². The van der Waals surface area contributed by atoms with Gasteiger partial charge in [-0.2, -0.15) is 5.10 Å². The summed E-state index contributed by atoms with van der Waals surface area (Å²) in [6.07, 6.45) is 3.06. The van der Waals surface area contributed by atoms with Crippen LogP contribution < -0.4 is 11.1 Å². The van der Waals surface area contributed by atoms with Crippen LogP contribution in [0.4, 0.5) is 5.82 Å². The molecule has 0 fully saturated rings. The van der Waals surface area contributed by atoms with Gasteiger partial charge in [-0.05, 0) is 28.1 Å². The van der Waals surface area contributed by atoms with Gasteiger partial charge in [-0.25, -0.2) is 4.98 Å². The molecule has 0 aliphatic rings. The normalized spacial score (nSPS) is 10.2. The van der Waals surface area contributed by atoms with Crippen molar-refractivity contribution in [3.63, 3.8) is 0 Å². The number of hydrogen-bond donors (Lipinski definition) is 2. The summed E-state index contributed by atoms with van der Waals surface area (Å²) in [6.45, 7) is 0. The molecule has 0 saturated heterocycles. The lowest BCUT2D eigenvalue weighted by Gasteiger charge is -2.07. The smallest absolute Gasteiger partial charge is 0.275 e. The van der Waals surface area contributed by atoms with Crippen LogP contribution in [0.15, 0.2) is 29.0 Å². The standard InChI is InChI=1S/C11H10BrN5OS/c1-17-10(7(5-15-17)9(13)19)16-11(18)8-3-2-6(12)4-14-8/h2-5H,1H3,(H2,13,19)(H,16,18). The topological polar surface area (TPSA) is 85.8 Å². The quantitative estimate of drug-likeness (QED) is 0.827. The number of carbonyl (C=O) groups is 1. The van der Waals surface area contributed by atoms with Gasteiger partial charge in [-0.1, -0.05) is 12.2 Å². The van der Waals surface area contributed by atoms with E-state index in [1.165, 1.54) is 10.9 Å². The van der Waals surface area contributed by atoms with Crippen molar-refractivity contribution in [1.82, 2.24) is 14.8 Å². The molecule has 0 aliphatic heterocycles. The molecule has 0 unspecified atom stereocenters. The number of nitrogens with one attached hydrogen (secondary N) is 1. The Morgan fingerprint density at radius 2 is 2.21 bits per heavy atom. The van der Waals surface area contributed by atoms with Crippen LogP contribution in [0.5, 0.6) is 0 Å². The van der Waals surface area contributed by atoms with Crippen LogP contribution >= 0.6 is 28.1 Å². The van der Waals surface area contributed by atoms with E-state index in [9.17, 15) is 4.79 Å². The predicted octanol–water partition coefficient (Wildman–Crippen LogP) is 1.46. The highest BCUT2D eigenvalue weighted by Gasteiger charge is 2.15. The number of carbonyl (C=O) groups excluding carboxylic acids is 1. The van der Waals surface area contributed by atoms with E-state index in [4.69, 9.17) is 18.0 Å². The first-order valence-electron chi connectivity index (χ1n) is 5.23. The average molecular weight is 340 g/mol. The second-order valence-corrected chi connectivity index (χ2v) is 5.07. The molecule has 0 aromatic carbocycles. The van der Waals surface area contributed by atoms with Crippen LogP contribution in [0.3, 0.4) is 0 Å². The highest BCUT2D eigenvalue weighted by atomic mass is 79.9. The fourth-order valence-corrected chi connectivity index (χ4v) is 1.83. The molecule has 6 nitrogen and oxygen atoms in total. The summed E-state index contributed by atoms with van der Waals surface area (Å²) in [7, 11) is 1.69. The van der Waals surface area contributed by atoms with E-state index in [1.54, 1.807) is 25.4 Å². The second-order valence-electron chi connectivity index (χ2n) is 3.71. The Kier molecular flexibility index (Phi) is 3.91. The summed E-state index contributed by atoms with van der Waals surface area (Å²) in [6, 6.07) is 3.34. The molecular formula is C11H10BrN5OS. The van der Waals surface area contributed by atoms with E-state index in [2.05, 4.69) is 31.3 Å². The lowest BCUT2D eigenvalue weighted by atomic mass is 10.3. The number of aromatic nitrogens is 3. The van der Waals surface area contributed by atoms with Gasteiger partial charge in [-0.3, -0.25) is 9.48 Å². The molecule has 2 aromatic heterocycles. The number of hydrogen-bond acceptors (Lipinski definition) is 4. The monoisotopic (exact) mass is 339 g/mol. The molecule has 98 valence electrons. The SMILES string of the molecule is Cn1ncc(C(N)=S)c1NC(=O)c1ccc(Br)cn1. The largest absolute Gasteiger partial charge is 0.389 e. The van der Waals surface area contributed by atoms with Gasteiger partial charge in [0.2, 0.25) is 0 Å². The zero-order valence-electron chi connectivity index (χ0n) is 9.92. The van der Waals surface area contributed by atoms with Crippen molar-refractivity contribution >= 4 is 44.9 Å². The van der Waals surface area contributed by atoms with Crippen LogP contribution in [0.1, 0.15) is 16.1 Å². The first-order valence-corrected chi connectivity index (χ1v) is 6.44. The van der Waals surface area contributed by atoms with Gasteiger partial charge in [0.15, 0.2) is 0 Å². The average Bonchev–Trinajstić information content (AvgIpc) is 2.72. The molecule has 8 heteroatoms. The van der Waals surface area contributed by atoms with Gasteiger partial charge in [0.1, 0.15) is 16.5 Å². The number of rotatable bonds is 3. The third-order valence-electron chi connectivity index (χ3n) is 2.40.